The molecule has 0 aliphatic carbocycles. The van der Waals surface area contributed by atoms with Crippen molar-refractivity contribution in [2.45, 2.75) is 39.0 Å². The van der Waals surface area contributed by atoms with Gasteiger partial charge in [-0.3, -0.25) is 14.8 Å². The summed E-state index contributed by atoms with van der Waals surface area (Å²) in [4.78, 5) is 21.2. The van der Waals surface area contributed by atoms with Gasteiger partial charge in [0.25, 0.3) is 5.91 Å². The summed E-state index contributed by atoms with van der Waals surface area (Å²) in [6.07, 6.45) is -1.72. The molecule has 3 aromatic heterocycles. The molecule has 3 heterocycles. The van der Waals surface area contributed by atoms with Crippen LogP contribution in [0, 0.1) is 0 Å². The van der Waals surface area contributed by atoms with Crippen LogP contribution in [-0.2, 0) is 19.3 Å². The second kappa shape index (κ2) is 9.17. The summed E-state index contributed by atoms with van der Waals surface area (Å²) in [6.45, 7) is 4.37. The minimum atomic E-state index is -4.52. The Kier molecular flexibility index (Phi) is 6.28. The summed E-state index contributed by atoms with van der Waals surface area (Å²) >= 11 is 0. The summed E-state index contributed by atoms with van der Waals surface area (Å²) in [5.74, 6) is -0.323. The van der Waals surface area contributed by atoms with E-state index < -0.39 is 11.9 Å². The highest BCUT2D eigenvalue weighted by atomic mass is 19.4. The van der Waals surface area contributed by atoms with Crippen LogP contribution in [0.1, 0.15) is 52.8 Å². The zero-order valence-electron chi connectivity index (χ0n) is 18.6. The van der Waals surface area contributed by atoms with E-state index in [1.54, 1.807) is 18.3 Å². The molecule has 1 aromatic carbocycles. The molecule has 0 spiro atoms. The Labute approximate surface area is 194 Å². The molecule has 0 aliphatic rings. The molecule has 1 amide bonds. The van der Waals surface area contributed by atoms with Gasteiger partial charge in [0.05, 0.1) is 23.3 Å². The maximum atomic E-state index is 13.3. The standard InChI is InChI=1S/C25H23F3N4O2/c1-15(2)23-22(24(34)31-13-16-6-9-21(30-12-16)25(26,27)28)19-8-7-18(33)11-20(19)32(23)14-17-5-3-4-10-29-17/h3-12,15,33H,13-14H2,1-2H3,(H,31,34). The first-order valence-corrected chi connectivity index (χ1v) is 10.7. The third kappa shape index (κ3) is 4.73. The molecule has 6 nitrogen and oxygen atoms in total. The number of alkyl halides is 3. The molecule has 0 atom stereocenters. The van der Waals surface area contributed by atoms with Crippen LogP contribution in [0.25, 0.3) is 10.9 Å². The van der Waals surface area contributed by atoms with Gasteiger partial charge in [0.2, 0.25) is 0 Å². The Balaban J connectivity index is 1.70. The maximum Gasteiger partial charge on any atom is 0.433 e. The predicted octanol–water partition coefficient (Wildman–Crippen LogP) is 5.26. The first-order valence-electron chi connectivity index (χ1n) is 10.7. The molecule has 4 rings (SSSR count). The number of carbonyl (C=O) groups excluding carboxylic acids is 1. The van der Waals surface area contributed by atoms with Gasteiger partial charge in [-0.1, -0.05) is 26.0 Å². The number of phenols is 1. The number of phenolic OH excluding ortho intramolecular Hbond substituents is 1. The van der Waals surface area contributed by atoms with E-state index in [1.807, 2.05) is 36.6 Å². The largest absolute Gasteiger partial charge is 0.508 e. The van der Waals surface area contributed by atoms with Gasteiger partial charge in [0.15, 0.2) is 0 Å². The topological polar surface area (TPSA) is 80.0 Å². The number of aromatic hydroxyl groups is 1. The third-order valence-electron chi connectivity index (χ3n) is 5.48. The van der Waals surface area contributed by atoms with Crippen molar-refractivity contribution in [3.63, 3.8) is 0 Å². The molecule has 2 N–H and O–H groups in total. The van der Waals surface area contributed by atoms with E-state index in [-0.39, 0.29) is 24.1 Å². The van der Waals surface area contributed by atoms with Gasteiger partial charge in [-0.25, -0.2) is 0 Å². The second-order valence-electron chi connectivity index (χ2n) is 8.26. The number of halogens is 3. The summed E-state index contributed by atoms with van der Waals surface area (Å²) in [5, 5.41) is 13.6. The van der Waals surface area contributed by atoms with Gasteiger partial charge >= 0.3 is 6.18 Å². The number of carbonyl (C=O) groups is 1. The molecule has 34 heavy (non-hydrogen) atoms. The number of hydrogen-bond acceptors (Lipinski definition) is 4. The second-order valence-corrected chi connectivity index (χ2v) is 8.26. The molecule has 9 heteroatoms. The third-order valence-corrected chi connectivity index (χ3v) is 5.48. The van der Waals surface area contributed by atoms with Gasteiger partial charge in [-0.2, -0.15) is 13.2 Å². The van der Waals surface area contributed by atoms with Crippen molar-refractivity contribution in [1.82, 2.24) is 19.9 Å². The van der Waals surface area contributed by atoms with E-state index in [4.69, 9.17) is 0 Å². The SMILES string of the molecule is CC(C)c1c(C(=O)NCc2ccc(C(F)(F)F)nc2)c2ccc(O)cc2n1Cc1ccccn1. The van der Waals surface area contributed by atoms with E-state index in [2.05, 4.69) is 15.3 Å². The van der Waals surface area contributed by atoms with Crippen LogP contribution in [0.3, 0.4) is 0 Å². The highest BCUT2D eigenvalue weighted by Crippen LogP contribution is 2.34. The quantitative estimate of drug-likeness (QED) is 0.405. The van der Waals surface area contributed by atoms with Crippen molar-refractivity contribution in [2.24, 2.45) is 0 Å². The number of nitrogens with zero attached hydrogens (tertiary/aromatic N) is 3. The molecule has 176 valence electrons. The van der Waals surface area contributed by atoms with E-state index >= 15 is 0 Å². The lowest BCUT2D eigenvalue weighted by atomic mass is 10.0. The fourth-order valence-electron chi connectivity index (χ4n) is 3.99. The fourth-order valence-corrected chi connectivity index (χ4v) is 3.99. The summed E-state index contributed by atoms with van der Waals surface area (Å²) in [7, 11) is 0. The van der Waals surface area contributed by atoms with Gasteiger partial charge in [-0.15, -0.1) is 0 Å². The van der Waals surface area contributed by atoms with E-state index in [9.17, 15) is 23.1 Å². The van der Waals surface area contributed by atoms with Crippen molar-refractivity contribution in [3.8, 4) is 5.75 Å². The van der Waals surface area contributed by atoms with Crippen LogP contribution in [0.15, 0.2) is 60.9 Å². The number of aromatic nitrogens is 3. The molecular formula is C25H23F3N4O2. The Bertz CT molecular complexity index is 1310. The van der Waals surface area contributed by atoms with Crippen LogP contribution >= 0.6 is 0 Å². The van der Waals surface area contributed by atoms with Crippen molar-refractivity contribution >= 4 is 16.8 Å². The zero-order valence-corrected chi connectivity index (χ0v) is 18.6. The smallest absolute Gasteiger partial charge is 0.433 e. The molecule has 0 fully saturated rings. The number of pyridine rings is 2. The van der Waals surface area contributed by atoms with Crippen LogP contribution in [0.4, 0.5) is 13.2 Å². The molecule has 0 bridgehead atoms. The lowest BCUT2D eigenvalue weighted by Crippen LogP contribution is -2.24. The maximum absolute atomic E-state index is 13.3. The zero-order chi connectivity index (χ0) is 24.5. The lowest BCUT2D eigenvalue weighted by Gasteiger charge is -2.15. The Morgan fingerprint density at radius 2 is 1.91 bits per heavy atom. The average Bonchev–Trinajstić information content (AvgIpc) is 3.11. The average molecular weight is 468 g/mol. The summed E-state index contributed by atoms with van der Waals surface area (Å²) < 4.78 is 40.2. The van der Waals surface area contributed by atoms with E-state index in [0.29, 0.717) is 28.6 Å². The minimum absolute atomic E-state index is 0.0203. The van der Waals surface area contributed by atoms with Gasteiger partial charge < -0.3 is 15.0 Å². The monoisotopic (exact) mass is 468 g/mol. The molecule has 0 unspecified atom stereocenters. The van der Waals surface area contributed by atoms with E-state index in [0.717, 1.165) is 23.7 Å². The minimum Gasteiger partial charge on any atom is -0.508 e. The van der Waals surface area contributed by atoms with Crippen LogP contribution in [-0.4, -0.2) is 25.5 Å². The molecular weight excluding hydrogens is 445 g/mol. The molecule has 0 saturated heterocycles. The van der Waals surface area contributed by atoms with E-state index in [1.165, 1.54) is 12.1 Å². The van der Waals surface area contributed by atoms with Crippen molar-refractivity contribution in [2.75, 3.05) is 0 Å². The van der Waals surface area contributed by atoms with Crippen molar-refractivity contribution in [3.05, 3.63) is 89.1 Å². The number of amides is 1. The Morgan fingerprint density at radius 1 is 1.12 bits per heavy atom. The molecule has 0 aliphatic heterocycles. The van der Waals surface area contributed by atoms with Gasteiger partial charge in [0.1, 0.15) is 11.4 Å². The normalized spacial score (nSPS) is 11.8. The lowest BCUT2D eigenvalue weighted by molar-refractivity contribution is -0.141. The first kappa shape index (κ1) is 23.3. The molecule has 4 aromatic rings. The van der Waals surface area contributed by atoms with Gasteiger partial charge in [-0.05, 0) is 41.8 Å². The number of fused-ring (bicyclic) bond motifs is 1. The van der Waals surface area contributed by atoms with Gasteiger partial charge in [0, 0.05) is 36.1 Å². The Morgan fingerprint density at radius 3 is 2.53 bits per heavy atom. The number of rotatable bonds is 6. The molecule has 0 saturated carbocycles. The summed E-state index contributed by atoms with van der Waals surface area (Å²) in [5.41, 5.74) is 2.18. The molecule has 0 radical (unpaired) electrons. The van der Waals surface area contributed by atoms with Crippen LogP contribution in [0.2, 0.25) is 0 Å². The fraction of sp³-hybridized carbons (Fsp3) is 0.240. The first-order chi connectivity index (χ1) is 16.1. The van der Waals surface area contributed by atoms with Crippen LogP contribution < -0.4 is 5.32 Å². The Hall–Kier alpha value is -3.88. The summed E-state index contributed by atoms with van der Waals surface area (Å²) in [6, 6.07) is 12.6. The number of nitrogens with one attached hydrogen (secondary N) is 1. The number of hydrogen-bond donors (Lipinski definition) is 2. The highest BCUT2D eigenvalue weighted by molar-refractivity contribution is 6.09. The van der Waals surface area contributed by atoms with Crippen molar-refractivity contribution in [1.29, 1.82) is 0 Å². The number of benzene rings is 1. The highest BCUT2D eigenvalue weighted by Gasteiger charge is 2.32. The van der Waals surface area contributed by atoms with Crippen LogP contribution in [0.5, 0.6) is 5.75 Å². The predicted molar refractivity (Wildman–Crippen MR) is 121 cm³/mol. The van der Waals surface area contributed by atoms with Crippen molar-refractivity contribution < 1.29 is 23.1 Å².